The van der Waals surface area contributed by atoms with Gasteiger partial charge in [-0.3, -0.25) is 9.36 Å². The van der Waals surface area contributed by atoms with E-state index in [4.69, 9.17) is 0 Å². The molecule has 0 saturated heterocycles. The van der Waals surface area contributed by atoms with Gasteiger partial charge >= 0.3 is 5.69 Å². The molecule has 1 heterocycles. The molecular weight excluding hydrogens is 176 g/mol. The van der Waals surface area contributed by atoms with Crippen LogP contribution in [0.3, 0.4) is 0 Å². The lowest BCUT2D eigenvalue weighted by Gasteiger charge is -1.97. The van der Waals surface area contributed by atoms with E-state index in [-0.39, 0.29) is 11.2 Å². The maximum Gasteiger partial charge on any atom is 0.330 e. The molecule has 1 rings (SSSR count). The van der Waals surface area contributed by atoms with Crippen molar-refractivity contribution in [3.63, 3.8) is 0 Å². The first-order valence-corrected chi connectivity index (χ1v) is 4.20. The highest BCUT2D eigenvalue weighted by Gasteiger charge is 1.93. The van der Waals surface area contributed by atoms with Gasteiger partial charge in [0, 0.05) is 26.4 Å². The first-order chi connectivity index (χ1) is 5.63. The van der Waals surface area contributed by atoms with Crippen molar-refractivity contribution < 1.29 is 0 Å². The molecule has 0 aliphatic carbocycles. The highest BCUT2D eigenvalue weighted by atomic mass is 32.1. The summed E-state index contributed by atoms with van der Waals surface area (Å²) in [6, 6.07) is 1.35. The van der Waals surface area contributed by atoms with Gasteiger partial charge in [0.05, 0.1) is 0 Å². The Labute approximate surface area is 75.9 Å². The standard InChI is InChI=1S/C6H8N2O2.CH4S/c1-7-4-3-5(9)8(2)6(7)10;1-2/h3-4H,1-2H3;2H,1H3. The van der Waals surface area contributed by atoms with Crippen LogP contribution >= 0.6 is 12.6 Å². The summed E-state index contributed by atoms with van der Waals surface area (Å²) >= 11 is 3.53. The fourth-order valence-electron chi connectivity index (χ4n) is 0.682. The molecule has 1 aromatic heterocycles. The zero-order chi connectivity index (χ0) is 9.72. The van der Waals surface area contributed by atoms with E-state index in [0.29, 0.717) is 0 Å². The van der Waals surface area contributed by atoms with Crippen LogP contribution in [0.2, 0.25) is 0 Å². The van der Waals surface area contributed by atoms with E-state index in [1.54, 1.807) is 13.3 Å². The Balaban J connectivity index is 0.000000561. The third kappa shape index (κ3) is 2.27. The van der Waals surface area contributed by atoms with Crippen LogP contribution in [0.1, 0.15) is 0 Å². The molecule has 68 valence electrons. The van der Waals surface area contributed by atoms with Crippen LogP contribution in [0.4, 0.5) is 0 Å². The van der Waals surface area contributed by atoms with Gasteiger partial charge in [0.25, 0.3) is 5.56 Å². The molecule has 0 atom stereocenters. The highest BCUT2D eigenvalue weighted by molar-refractivity contribution is 7.79. The first kappa shape index (κ1) is 11.0. The summed E-state index contributed by atoms with van der Waals surface area (Å²) in [5.74, 6) is 0. The van der Waals surface area contributed by atoms with Gasteiger partial charge in [-0.05, 0) is 6.26 Å². The normalized spacial score (nSPS) is 8.67. The Hall–Kier alpha value is -0.970. The van der Waals surface area contributed by atoms with E-state index in [1.807, 2.05) is 0 Å². The number of aromatic nitrogens is 2. The number of thiol groups is 1. The second kappa shape index (κ2) is 4.82. The minimum Gasteiger partial charge on any atom is -0.303 e. The number of hydrogen-bond donors (Lipinski definition) is 1. The maximum absolute atomic E-state index is 10.9. The van der Waals surface area contributed by atoms with Gasteiger partial charge < -0.3 is 4.57 Å². The molecule has 4 nitrogen and oxygen atoms in total. The number of aryl methyl sites for hydroxylation is 1. The molecule has 0 saturated carbocycles. The van der Waals surface area contributed by atoms with Crippen molar-refractivity contribution in [1.29, 1.82) is 0 Å². The molecule has 1 aromatic rings. The van der Waals surface area contributed by atoms with Crippen LogP contribution in [-0.2, 0) is 14.1 Å². The lowest BCUT2D eigenvalue weighted by atomic mass is 10.6. The van der Waals surface area contributed by atoms with Crippen molar-refractivity contribution in [3.05, 3.63) is 33.1 Å². The van der Waals surface area contributed by atoms with Gasteiger partial charge in [-0.25, -0.2) is 4.79 Å². The summed E-state index contributed by atoms with van der Waals surface area (Å²) in [4.78, 5) is 21.7. The number of nitrogens with zero attached hydrogens (tertiary/aromatic N) is 2. The van der Waals surface area contributed by atoms with E-state index < -0.39 is 0 Å². The Morgan fingerprint density at radius 1 is 1.25 bits per heavy atom. The molecule has 0 bridgehead atoms. The molecule has 5 heteroatoms. The Kier molecular flexibility index (Phi) is 4.43. The Morgan fingerprint density at radius 3 is 2.17 bits per heavy atom. The molecule has 0 aromatic carbocycles. The van der Waals surface area contributed by atoms with Crippen molar-refractivity contribution >= 4 is 12.6 Å². The first-order valence-electron chi connectivity index (χ1n) is 3.30. The quantitative estimate of drug-likeness (QED) is 0.565. The summed E-state index contributed by atoms with van der Waals surface area (Å²) in [7, 11) is 3.05. The van der Waals surface area contributed by atoms with Crippen molar-refractivity contribution in [2.24, 2.45) is 14.1 Å². The monoisotopic (exact) mass is 188 g/mol. The molecule has 0 unspecified atom stereocenters. The third-order valence-corrected chi connectivity index (χ3v) is 1.36. The van der Waals surface area contributed by atoms with Crippen LogP contribution in [0.25, 0.3) is 0 Å². The fourth-order valence-corrected chi connectivity index (χ4v) is 0.682. The van der Waals surface area contributed by atoms with E-state index in [1.165, 1.54) is 23.9 Å². The predicted octanol–water partition coefficient (Wildman–Crippen LogP) is -0.370. The average Bonchev–Trinajstić information content (AvgIpc) is 2.12. The largest absolute Gasteiger partial charge is 0.330 e. The predicted molar refractivity (Wildman–Crippen MR) is 51.8 cm³/mol. The number of hydrogen-bond acceptors (Lipinski definition) is 3. The molecule has 0 N–H and O–H groups in total. The van der Waals surface area contributed by atoms with Crippen LogP contribution in [0.15, 0.2) is 21.9 Å². The lowest BCUT2D eigenvalue weighted by molar-refractivity contribution is 0.686. The summed E-state index contributed by atoms with van der Waals surface area (Å²) in [6.45, 7) is 0. The van der Waals surface area contributed by atoms with Gasteiger partial charge in [0.1, 0.15) is 0 Å². The zero-order valence-corrected chi connectivity index (χ0v) is 8.21. The number of rotatable bonds is 0. The van der Waals surface area contributed by atoms with E-state index >= 15 is 0 Å². The highest BCUT2D eigenvalue weighted by Crippen LogP contribution is 1.66. The topological polar surface area (TPSA) is 44.0 Å². The summed E-state index contributed by atoms with van der Waals surface area (Å²) in [5, 5.41) is 0. The SMILES string of the molecule is CS.Cn1ccc(=O)n(C)c1=O. The van der Waals surface area contributed by atoms with E-state index in [0.717, 1.165) is 4.57 Å². The molecule has 0 spiro atoms. The van der Waals surface area contributed by atoms with Crippen LogP contribution in [0.5, 0.6) is 0 Å². The Morgan fingerprint density at radius 2 is 1.75 bits per heavy atom. The third-order valence-electron chi connectivity index (χ3n) is 1.36. The fraction of sp³-hybridized carbons (Fsp3) is 0.429. The van der Waals surface area contributed by atoms with Gasteiger partial charge in [-0.2, -0.15) is 12.6 Å². The molecule has 0 fully saturated rings. The van der Waals surface area contributed by atoms with Crippen LogP contribution in [-0.4, -0.2) is 15.4 Å². The molecule has 0 aliphatic heterocycles. The lowest BCUT2D eigenvalue weighted by Crippen LogP contribution is -2.35. The smallest absolute Gasteiger partial charge is 0.303 e. The molecule has 0 aliphatic rings. The average molecular weight is 188 g/mol. The minimum absolute atomic E-state index is 0.275. The van der Waals surface area contributed by atoms with Crippen LogP contribution < -0.4 is 11.2 Å². The van der Waals surface area contributed by atoms with Crippen molar-refractivity contribution in [1.82, 2.24) is 9.13 Å². The van der Waals surface area contributed by atoms with Crippen molar-refractivity contribution in [3.8, 4) is 0 Å². The van der Waals surface area contributed by atoms with E-state index in [9.17, 15) is 9.59 Å². The van der Waals surface area contributed by atoms with Crippen molar-refractivity contribution in [2.45, 2.75) is 0 Å². The van der Waals surface area contributed by atoms with Crippen molar-refractivity contribution in [2.75, 3.05) is 6.26 Å². The summed E-state index contributed by atoms with van der Waals surface area (Å²) < 4.78 is 2.40. The van der Waals surface area contributed by atoms with Gasteiger partial charge in [-0.1, -0.05) is 0 Å². The molecule has 0 amide bonds. The maximum atomic E-state index is 10.9. The van der Waals surface area contributed by atoms with Gasteiger partial charge in [0.2, 0.25) is 0 Å². The summed E-state index contributed by atoms with van der Waals surface area (Å²) in [6.07, 6.45) is 3.14. The molecule has 12 heavy (non-hydrogen) atoms. The van der Waals surface area contributed by atoms with Gasteiger partial charge in [0.15, 0.2) is 0 Å². The van der Waals surface area contributed by atoms with E-state index in [2.05, 4.69) is 12.6 Å². The second-order valence-corrected chi connectivity index (χ2v) is 2.11. The molecular formula is C7H12N2O2S. The second-order valence-electron chi connectivity index (χ2n) is 2.11. The summed E-state index contributed by atoms with van der Waals surface area (Å²) in [5.41, 5.74) is -0.574. The zero-order valence-electron chi connectivity index (χ0n) is 7.31. The molecule has 0 radical (unpaired) electrons. The minimum atomic E-state index is -0.299. The van der Waals surface area contributed by atoms with Gasteiger partial charge in [-0.15, -0.1) is 0 Å². The van der Waals surface area contributed by atoms with Crippen LogP contribution in [0, 0.1) is 0 Å². The Bertz CT molecular complexity index is 353.